The van der Waals surface area contributed by atoms with E-state index < -0.39 is 0 Å². The van der Waals surface area contributed by atoms with E-state index in [1.54, 1.807) is 12.0 Å². The monoisotopic (exact) mass is 290 g/mol. The van der Waals surface area contributed by atoms with Crippen LogP contribution in [0.15, 0.2) is 30.3 Å². The fraction of sp³-hybridized carbons (Fsp3) is 0.562. The van der Waals surface area contributed by atoms with E-state index in [0.29, 0.717) is 25.6 Å². The van der Waals surface area contributed by atoms with Gasteiger partial charge in [0, 0.05) is 32.7 Å². The van der Waals surface area contributed by atoms with Crippen molar-refractivity contribution in [1.82, 2.24) is 10.2 Å². The summed E-state index contributed by atoms with van der Waals surface area (Å²) in [7, 11) is 1.75. The molecule has 3 rings (SSSR count). The van der Waals surface area contributed by atoms with Gasteiger partial charge in [-0.05, 0) is 12.0 Å². The number of nitrogens with one attached hydrogen (secondary N) is 1. The lowest BCUT2D eigenvalue weighted by atomic mass is 9.82. The largest absolute Gasteiger partial charge is 0.445 e. The Kier molecular flexibility index (Phi) is 4.12. The molecule has 1 aromatic rings. The van der Waals surface area contributed by atoms with Crippen molar-refractivity contribution in [3.8, 4) is 0 Å². The summed E-state index contributed by atoms with van der Waals surface area (Å²) in [6.45, 7) is 3.60. The number of likely N-dealkylation sites (tertiary alicyclic amines) is 1. The van der Waals surface area contributed by atoms with Crippen LogP contribution in [-0.2, 0) is 16.1 Å². The van der Waals surface area contributed by atoms with Crippen LogP contribution in [0.3, 0.4) is 0 Å². The fourth-order valence-electron chi connectivity index (χ4n) is 3.10. The van der Waals surface area contributed by atoms with Gasteiger partial charge in [0.25, 0.3) is 0 Å². The summed E-state index contributed by atoms with van der Waals surface area (Å²) >= 11 is 0. The van der Waals surface area contributed by atoms with E-state index in [1.807, 2.05) is 30.3 Å². The topological polar surface area (TPSA) is 50.8 Å². The third kappa shape index (κ3) is 2.89. The van der Waals surface area contributed by atoms with E-state index in [-0.39, 0.29) is 11.7 Å². The zero-order valence-electron chi connectivity index (χ0n) is 12.4. The Morgan fingerprint density at radius 3 is 2.76 bits per heavy atom. The Hall–Kier alpha value is -1.59. The van der Waals surface area contributed by atoms with Gasteiger partial charge in [-0.2, -0.15) is 0 Å². The van der Waals surface area contributed by atoms with Gasteiger partial charge < -0.3 is 19.7 Å². The third-order valence-electron chi connectivity index (χ3n) is 4.66. The van der Waals surface area contributed by atoms with E-state index in [1.165, 1.54) is 0 Å². The summed E-state index contributed by atoms with van der Waals surface area (Å²) in [5.74, 6) is 0.495. The van der Waals surface area contributed by atoms with Gasteiger partial charge in [-0.3, -0.25) is 0 Å². The van der Waals surface area contributed by atoms with Crippen molar-refractivity contribution in [2.75, 3.05) is 33.3 Å². The SMILES string of the molecule is COC1(C2CNC2)CCN(C(=O)OCc2ccccc2)C1. The second-order valence-corrected chi connectivity index (χ2v) is 5.84. The maximum absolute atomic E-state index is 12.2. The number of amides is 1. The highest BCUT2D eigenvalue weighted by Gasteiger charge is 2.48. The standard InChI is InChI=1S/C16H22N2O3/c1-20-16(14-9-17-10-14)7-8-18(12-16)15(19)21-11-13-5-3-2-4-6-13/h2-6,14,17H,7-12H2,1H3. The quantitative estimate of drug-likeness (QED) is 0.916. The number of hydrogen-bond donors (Lipinski definition) is 1. The average Bonchev–Trinajstić information content (AvgIpc) is 2.89. The van der Waals surface area contributed by atoms with Crippen LogP contribution in [0.1, 0.15) is 12.0 Å². The van der Waals surface area contributed by atoms with Gasteiger partial charge in [0.15, 0.2) is 0 Å². The lowest BCUT2D eigenvalue weighted by Gasteiger charge is -2.42. The van der Waals surface area contributed by atoms with Crippen LogP contribution in [0, 0.1) is 5.92 Å². The molecule has 2 fully saturated rings. The number of carbonyl (C=O) groups excluding carboxylic acids is 1. The summed E-state index contributed by atoms with van der Waals surface area (Å²) in [5, 5.41) is 3.27. The van der Waals surface area contributed by atoms with E-state index in [9.17, 15) is 4.79 Å². The fourth-order valence-corrected chi connectivity index (χ4v) is 3.10. The first kappa shape index (κ1) is 14.4. The lowest BCUT2D eigenvalue weighted by Crippen LogP contribution is -2.58. The van der Waals surface area contributed by atoms with Gasteiger partial charge in [-0.25, -0.2) is 4.79 Å². The van der Waals surface area contributed by atoms with Crippen LogP contribution in [0.4, 0.5) is 4.79 Å². The van der Waals surface area contributed by atoms with E-state index in [2.05, 4.69) is 5.32 Å². The highest BCUT2D eigenvalue weighted by Crippen LogP contribution is 2.34. The minimum atomic E-state index is -0.245. The van der Waals surface area contributed by atoms with E-state index in [4.69, 9.17) is 9.47 Å². The molecule has 0 aliphatic carbocycles. The first-order chi connectivity index (χ1) is 10.2. The van der Waals surface area contributed by atoms with Crippen LogP contribution >= 0.6 is 0 Å². The average molecular weight is 290 g/mol. The number of methoxy groups -OCH3 is 1. The molecule has 5 nitrogen and oxygen atoms in total. The summed E-state index contributed by atoms with van der Waals surface area (Å²) in [6.07, 6.45) is 0.640. The summed E-state index contributed by atoms with van der Waals surface area (Å²) in [6, 6.07) is 9.75. The second kappa shape index (κ2) is 6.03. The zero-order valence-corrected chi connectivity index (χ0v) is 12.4. The molecule has 114 valence electrons. The predicted octanol–water partition coefficient (Wildman–Crippen LogP) is 1.63. The molecule has 0 spiro atoms. The highest BCUT2D eigenvalue weighted by molar-refractivity contribution is 5.68. The van der Waals surface area contributed by atoms with Crippen molar-refractivity contribution in [2.24, 2.45) is 5.92 Å². The molecule has 0 aromatic heterocycles. The highest BCUT2D eigenvalue weighted by atomic mass is 16.6. The van der Waals surface area contributed by atoms with Gasteiger partial charge in [0.2, 0.25) is 0 Å². The zero-order chi connectivity index (χ0) is 14.7. The van der Waals surface area contributed by atoms with Gasteiger partial charge in [0.1, 0.15) is 6.61 Å². The van der Waals surface area contributed by atoms with Gasteiger partial charge in [-0.1, -0.05) is 30.3 Å². The van der Waals surface area contributed by atoms with Crippen molar-refractivity contribution in [2.45, 2.75) is 18.6 Å². The van der Waals surface area contributed by atoms with E-state index in [0.717, 1.165) is 25.1 Å². The van der Waals surface area contributed by atoms with Crippen LogP contribution in [0.5, 0.6) is 0 Å². The van der Waals surface area contributed by atoms with Crippen molar-refractivity contribution in [1.29, 1.82) is 0 Å². The van der Waals surface area contributed by atoms with Crippen LogP contribution < -0.4 is 5.32 Å². The Bertz CT molecular complexity index is 490. The van der Waals surface area contributed by atoms with Gasteiger partial charge >= 0.3 is 6.09 Å². The molecular weight excluding hydrogens is 268 g/mol. The molecule has 2 saturated heterocycles. The molecule has 0 saturated carbocycles. The van der Waals surface area contributed by atoms with Crippen LogP contribution in [0.25, 0.3) is 0 Å². The summed E-state index contributed by atoms with van der Waals surface area (Å²) in [4.78, 5) is 14.0. The van der Waals surface area contributed by atoms with Crippen LogP contribution in [-0.4, -0.2) is 49.9 Å². The Morgan fingerprint density at radius 2 is 2.14 bits per heavy atom. The molecule has 1 unspecified atom stereocenters. The molecule has 1 amide bonds. The molecule has 2 aliphatic rings. The normalized spacial score (nSPS) is 25.7. The molecule has 2 heterocycles. The second-order valence-electron chi connectivity index (χ2n) is 5.84. The van der Waals surface area contributed by atoms with Gasteiger partial charge in [0.05, 0.1) is 12.1 Å². The number of benzene rings is 1. The van der Waals surface area contributed by atoms with Crippen molar-refractivity contribution in [3.63, 3.8) is 0 Å². The van der Waals surface area contributed by atoms with Crippen molar-refractivity contribution in [3.05, 3.63) is 35.9 Å². The lowest BCUT2D eigenvalue weighted by molar-refractivity contribution is -0.0650. The van der Waals surface area contributed by atoms with E-state index >= 15 is 0 Å². The molecule has 1 atom stereocenters. The molecule has 5 heteroatoms. The minimum absolute atomic E-state index is 0.197. The van der Waals surface area contributed by atoms with Gasteiger partial charge in [-0.15, -0.1) is 0 Å². The molecule has 1 N–H and O–H groups in total. The molecule has 0 bridgehead atoms. The minimum Gasteiger partial charge on any atom is -0.445 e. The van der Waals surface area contributed by atoms with Crippen molar-refractivity contribution < 1.29 is 14.3 Å². The third-order valence-corrected chi connectivity index (χ3v) is 4.66. The number of rotatable bonds is 4. The number of nitrogens with zero attached hydrogens (tertiary/aromatic N) is 1. The number of hydrogen-bond acceptors (Lipinski definition) is 4. The Labute approximate surface area is 125 Å². The molecule has 0 radical (unpaired) electrons. The summed E-state index contributed by atoms with van der Waals surface area (Å²) in [5.41, 5.74) is 0.808. The van der Waals surface area contributed by atoms with Crippen LogP contribution in [0.2, 0.25) is 0 Å². The molecule has 2 aliphatic heterocycles. The number of ether oxygens (including phenoxy) is 2. The summed E-state index contributed by atoms with van der Waals surface area (Å²) < 4.78 is 11.2. The molecule has 21 heavy (non-hydrogen) atoms. The smallest absolute Gasteiger partial charge is 0.410 e. The predicted molar refractivity (Wildman–Crippen MR) is 78.9 cm³/mol. The first-order valence-corrected chi connectivity index (χ1v) is 7.45. The maximum atomic E-state index is 12.2. The number of carbonyl (C=O) groups is 1. The Balaban J connectivity index is 1.54. The Morgan fingerprint density at radius 1 is 1.38 bits per heavy atom. The molecule has 1 aromatic carbocycles. The maximum Gasteiger partial charge on any atom is 0.410 e. The first-order valence-electron chi connectivity index (χ1n) is 7.45. The molecular formula is C16H22N2O3. The van der Waals surface area contributed by atoms with Crippen molar-refractivity contribution >= 4 is 6.09 Å².